The number of sulfonamides is 1. The van der Waals surface area contributed by atoms with Crippen LogP contribution in [0.15, 0.2) is 27.6 Å². The lowest BCUT2D eigenvalue weighted by molar-refractivity contribution is -0.140. The van der Waals surface area contributed by atoms with Crippen molar-refractivity contribution < 1.29 is 22.7 Å². The maximum atomic E-state index is 13.5. The average molecular weight is 354 g/mol. The fourth-order valence-electron chi connectivity index (χ4n) is 1.39. The van der Waals surface area contributed by atoms with Crippen LogP contribution < -0.4 is 4.72 Å². The van der Waals surface area contributed by atoms with Crippen LogP contribution in [0.1, 0.15) is 13.8 Å². The van der Waals surface area contributed by atoms with Crippen LogP contribution >= 0.6 is 15.9 Å². The first-order chi connectivity index (χ1) is 8.65. The van der Waals surface area contributed by atoms with Crippen molar-refractivity contribution >= 4 is 31.9 Å². The number of halogens is 2. The van der Waals surface area contributed by atoms with Crippen molar-refractivity contribution in [2.24, 2.45) is 5.92 Å². The van der Waals surface area contributed by atoms with Gasteiger partial charge in [0.25, 0.3) is 0 Å². The van der Waals surface area contributed by atoms with Gasteiger partial charge in [-0.05, 0) is 24.1 Å². The predicted octanol–water partition coefficient (Wildman–Crippen LogP) is 1.98. The molecule has 0 spiro atoms. The molecule has 0 saturated heterocycles. The average Bonchev–Trinajstić information content (AvgIpc) is 2.28. The van der Waals surface area contributed by atoms with E-state index in [1.807, 2.05) is 4.72 Å². The zero-order valence-corrected chi connectivity index (χ0v) is 12.6. The van der Waals surface area contributed by atoms with Crippen molar-refractivity contribution in [1.29, 1.82) is 0 Å². The van der Waals surface area contributed by atoms with Gasteiger partial charge in [0.2, 0.25) is 10.0 Å². The summed E-state index contributed by atoms with van der Waals surface area (Å²) in [6.07, 6.45) is 0. The van der Waals surface area contributed by atoms with Gasteiger partial charge in [-0.15, -0.1) is 0 Å². The molecule has 8 heteroatoms. The Morgan fingerprint density at radius 1 is 1.42 bits per heavy atom. The minimum atomic E-state index is -4.24. The second kappa shape index (κ2) is 5.98. The van der Waals surface area contributed by atoms with Gasteiger partial charge in [-0.1, -0.05) is 29.8 Å². The summed E-state index contributed by atoms with van der Waals surface area (Å²) in [6.45, 7) is 3.11. The summed E-state index contributed by atoms with van der Waals surface area (Å²) in [5.74, 6) is -2.72. The summed E-state index contributed by atoms with van der Waals surface area (Å²) in [6, 6.07) is 2.11. The highest BCUT2D eigenvalue weighted by molar-refractivity contribution is 9.10. The first kappa shape index (κ1) is 16.1. The molecule has 0 heterocycles. The van der Waals surface area contributed by atoms with Gasteiger partial charge in [-0.25, -0.2) is 12.8 Å². The monoisotopic (exact) mass is 353 g/mol. The highest BCUT2D eigenvalue weighted by Crippen LogP contribution is 2.20. The Morgan fingerprint density at radius 2 is 2.00 bits per heavy atom. The quantitative estimate of drug-likeness (QED) is 0.847. The number of carbonyl (C=O) groups is 1. The SMILES string of the molecule is CC(C)C(NS(=O)(=O)c1cc(Br)ccc1F)C(=O)O. The summed E-state index contributed by atoms with van der Waals surface area (Å²) in [7, 11) is -4.24. The third-order valence-corrected chi connectivity index (χ3v) is 4.35. The second-order valence-electron chi connectivity index (χ2n) is 4.26. The van der Waals surface area contributed by atoms with Crippen LogP contribution in [0.4, 0.5) is 4.39 Å². The van der Waals surface area contributed by atoms with Gasteiger partial charge in [0.15, 0.2) is 0 Å². The smallest absolute Gasteiger partial charge is 0.322 e. The molecule has 0 bridgehead atoms. The highest BCUT2D eigenvalue weighted by Gasteiger charge is 2.29. The minimum Gasteiger partial charge on any atom is -0.480 e. The minimum absolute atomic E-state index is 0.380. The molecular weight excluding hydrogens is 341 g/mol. The van der Waals surface area contributed by atoms with Crippen LogP contribution in [0, 0.1) is 11.7 Å². The Labute approximate surface area is 119 Å². The molecule has 19 heavy (non-hydrogen) atoms. The van der Waals surface area contributed by atoms with E-state index in [1.165, 1.54) is 6.07 Å². The van der Waals surface area contributed by atoms with Crippen LogP contribution in [-0.2, 0) is 14.8 Å². The number of hydrogen-bond donors (Lipinski definition) is 2. The van der Waals surface area contributed by atoms with Crippen molar-refractivity contribution in [3.63, 3.8) is 0 Å². The standard InChI is InChI=1S/C11H13BrFNO4S/c1-6(2)10(11(15)16)14-19(17,18)9-5-7(12)3-4-8(9)13/h3-6,10,14H,1-2H3,(H,15,16). The lowest BCUT2D eigenvalue weighted by Gasteiger charge is -2.18. The number of benzene rings is 1. The Hall–Kier alpha value is -0.990. The normalized spacial score (nSPS) is 13.5. The van der Waals surface area contributed by atoms with Gasteiger partial charge >= 0.3 is 5.97 Å². The van der Waals surface area contributed by atoms with E-state index in [-0.39, 0.29) is 0 Å². The molecule has 1 unspecified atom stereocenters. The zero-order valence-electron chi connectivity index (χ0n) is 10.2. The van der Waals surface area contributed by atoms with E-state index >= 15 is 0 Å². The molecule has 1 atom stereocenters. The Bertz CT molecular complexity index is 588. The summed E-state index contributed by atoms with van der Waals surface area (Å²) in [4.78, 5) is 10.4. The Balaban J connectivity index is 3.17. The van der Waals surface area contributed by atoms with Gasteiger partial charge in [0, 0.05) is 4.47 Å². The summed E-state index contributed by atoms with van der Waals surface area (Å²) in [5, 5.41) is 8.95. The van der Waals surface area contributed by atoms with E-state index in [9.17, 15) is 17.6 Å². The van der Waals surface area contributed by atoms with Crippen molar-refractivity contribution in [2.45, 2.75) is 24.8 Å². The lowest BCUT2D eigenvalue weighted by atomic mass is 10.1. The van der Waals surface area contributed by atoms with Crippen molar-refractivity contribution in [3.8, 4) is 0 Å². The van der Waals surface area contributed by atoms with E-state index in [1.54, 1.807) is 13.8 Å². The van der Waals surface area contributed by atoms with E-state index in [0.717, 1.165) is 12.1 Å². The van der Waals surface area contributed by atoms with Crippen molar-refractivity contribution in [1.82, 2.24) is 4.72 Å². The molecule has 1 aromatic rings. The van der Waals surface area contributed by atoms with Crippen LogP contribution in [0.5, 0.6) is 0 Å². The molecule has 0 fully saturated rings. The fourth-order valence-corrected chi connectivity index (χ4v) is 3.34. The third-order valence-electron chi connectivity index (χ3n) is 2.40. The van der Waals surface area contributed by atoms with Gasteiger partial charge in [-0.2, -0.15) is 4.72 Å². The first-order valence-electron chi connectivity index (χ1n) is 5.35. The molecule has 0 saturated carbocycles. The van der Waals surface area contributed by atoms with E-state index in [0.29, 0.717) is 4.47 Å². The Kier molecular flexibility index (Phi) is 5.05. The maximum Gasteiger partial charge on any atom is 0.322 e. The van der Waals surface area contributed by atoms with Crippen molar-refractivity contribution in [3.05, 3.63) is 28.5 Å². The molecule has 1 aromatic carbocycles. The number of nitrogens with one attached hydrogen (secondary N) is 1. The molecule has 1 rings (SSSR count). The second-order valence-corrected chi connectivity index (χ2v) is 6.85. The maximum absolute atomic E-state index is 13.5. The molecular formula is C11H13BrFNO4S. The largest absolute Gasteiger partial charge is 0.480 e. The summed E-state index contributed by atoms with van der Waals surface area (Å²) < 4.78 is 39.9. The summed E-state index contributed by atoms with van der Waals surface area (Å²) in [5.41, 5.74) is 0. The molecule has 0 radical (unpaired) electrons. The van der Waals surface area contributed by atoms with E-state index < -0.39 is 38.7 Å². The van der Waals surface area contributed by atoms with Crippen LogP contribution in [-0.4, -0.2) is 25.5 Å². The van der Waals surface area contributed by atoms with Crippen LogP contribution in [0.25, 0.3) is 0 Å². The van der Waals surface area contributed by atoms with Gasteiger partial charge < -0.3 is 5.11 Å². The molecule has 0 aliphatic heterocycles. The molecule has 0 amide bonds. The Morgan fingerprint density at radius 3 is 2.47 bits per heavy atom. The topological polar surface area (TPSA) is 83.5 Å². The molecule has 106 valence electrons. The molecule has 2 N–H and O–H groups in total. The van der Waals surface area contributed by atoms with E-state index in [4.69, 9.17) is 5.11 Å². The number of rotatable bonds is 5. The first-order valence-corrected chi connectivity index (χ1v) is 7.63. The number of carboxylic acid groups (broad SMARTS) is 1. The zero-order chi connectivity index (χ0) is 14.8. The third kappa shape index (κ3) is 3.99. The van der Waals surface area contributed by atoms with Gasteiger partial charge in [0.1, 0.15) is 16.8 Å². The fraction of sp³-hybridized carbons (Fsp3) is 0.364. The van der Waals surface area contributed by atoms with Gasteiger partial charge in [-0.3, -0.25) is 4.79 Å². The molecule has 5 nitrogen and oxygen atoms in total. The van der Waals surface area contributed by atoms with Crippen molar-refractivity contribution in [2.75, 3.05) is 0 Å². The lowest BCUT2D eigenvalue weighted by Crippen LogP contribution is -2.44. The molecule has 0 aliphatic rings. The molecule has 0 aliphatic carbocycles. The van der Waals surface area contributed by atoms with Crippen LogP contribution in [0.2, 0.25) is 0 Å². The number of aliphatic carboxylic acids is 1. The molecule has 0 aromatic heterocycles. The summed E-state index contributed by atoms with van der Waals surface area (Å²) >= 11 is 3.04. The van der Waals surface area contributed by atoms with Crippen LogP contribution in [0.3, 0.4) is 0 Å². The van der Waals surface area contributed by atoms with E-state index in [2.05, 4.69) is 15.9 Å². The number of carboxylic acids is 1. The predicted molar refractivity (Wildman–Crippen MR) is 70.7 cm³/mol. The number of hydrogen-bond acceptors (Lipinski definition) is 3. The highest BCUT2D eigenvalue weighted by atomic mass is 79.9. The van der Waals surface area contributed by atoms with Gasteiger partial charge in [0.05, 0.1) is 0 Å².